The van der Waals surface area contributed by atoms with Gasteiger partial charge in [-0.05, 0) is 29.8 Å². The maximum absolute atomic E-state index is 13.9. The molecule has 5 nitrogen and oxygen atoms in total. The molecule has 1 heterocycles. The number of benzene rings is 2. The van der Waals surface area contributed by atoms with Crippen LogP contribution >= 0.6 is 0 Å². The molecule has 1 fully saturated rings. The summed E-state index contributed by atoms with van der Waals surface area (Å²) >= 11 is 0. The van der Waals surface area contributed by atoms with Gasteiger partial charge in [-0.15, -0.1) is 0 Å². The fourth-order valence-electron chi connectivity index (χ4n) is 3.27. The minimum absolute atomic E-state index is 0.0147. The van der Waals surface area contributed by atoms with E-state index in [0.29, 0.717) is 19.8 Å². The lowest BCUT2D eigenvalue weighted by Crippen LogP contribution is -2.43. The first-order chi connectivity index (χ1) is 13.1. The number of nitrogens with one attached hydrogen (secondary N) is 1. The van der Waals surface area contributed by atoms with Gasteiger partial charge in [-0.3, -0.25) is 9.69 Å². The van der Waals surface area contributed by atoms with Gasteiger partial charge in [-0.25, -0.2) is 4.39 Å². The summed E-state index contributed by atoms with van der Waals surface area (Å²) in [6, 6.07) is 14.4. The molecule has 0 bridgehead atoms. The lowest BCUT2D eigenvalue weighted by Gasteiger charge is -2.35. The van der Waals surface area contributed by atoms with Crippen LogP contribution in [-0.2, 0) is 4.74 Å². The van der Waals surface area contributed by atoms with Crippen molar-refractivity contribution >= 4 is 11.6 Å². The Hall–Kier alpha value is -2.44. The normalized spacial score (nSPS) is 16.0. The lowest BCUT2D eigenvalue weighted by atomic mass is 10.0. The molecule has 1 atom stereocenters. The van der Waals surface area contributed by atoms with Gasteiger partial charge in [-0.2, -0.15) is 0 Å². The molecule has 0 aromatic heterocycles. The molecular weight excluding hydrogens is 345 g/mol. The molecule has 0 radical (unpaired) electrons. The fraction of sp³-hybridized carbons (Fsp3) is 0.381. The van der Waals surface area contributed by atoms with Crippen molar-refractivity contribution < 1.29 is 13.9 Å². The number of ether oxygens (including phenoxy) is 1. The summed E-state index contributed by atoms with van der Waals surface area (Å²) in [4.78, 5) is 16.8. The first kappa shape index (κ1) is 19.3. The SMILES string of the molecule is CN(C)c1ccc([C@@H](CNC(=O)c2ccccc2F)N2CCOCC2)cc1. The number of carbonyl (C=O) groups is 1. The van der Waals surface area contributed by atoms with E-state index in [1.54, 1.807) is 12.1 Å². The first-order valence-corrected chi connectivity index (χ1v) is 9.18. The molecule has 27 heavy (non-hydrogen) atoms. The second kappa shape index (κ2) is 8.97. The van der Waals surface area contributed by atoms with Gasteiger partial charge in [0.05, 0.1) is 24.8 Å². The van der Waals surface area contributed by atoms with E-state index >= 15 is 0 Å². The predicted molar refractivity (Wildman–Crippen MR) is 105 cm³/mol. The van der Waals surface area contributed by atoms with Crippen LogP contribution in [0.5, 0.6) is 0 Å². The Morgan fingerprint density at radius 3 is 2.44 bits per heavy atom. The predicted octanol–water partition coefficient (Wildman–Crippen LogP) is 2.70. The number of hydrogen-bond acceptors (Lipinski definition) is 4. The van der Waals surface area contributed by atoms with Crippen LogP contribution in [0.2, 0.25) is 0 Å². The lowest BCUT2D eigenvalue weighted by molar-refractivity contribution is 0.0162. The zero-order valence-corrected chi connectivity index (χ0v) is 15.8. The average molecular weight is 371 g/mol. The van der Waals surface area contributed by atoms with Gasteiger partial charge in [0.15, 0.2) is 0 Å². The molecule has 0 saturated carbocycles. The number of rotatable bonds is 6. The van der Waals surface area contributed by atoms with Crippen LogP contribution in [0.1, 0.15) is 22.0 Å². The number of halogens is 1. The average Bonchev–Trinajstić information content (AvgIpc) is 2.69. The molecule has 0 spiro atoms. The Labute approximate surface area is 159 Å². The zero-order valence-electron chi connectivity index (χ0n) is 15.8. The number of carbonyl (C=O) groups excluding carboxylic acids is 1. The smallest absolute Gasteiger partial charge is 0.254 e. The van der Waals surface area contributed by atoms with E-state index in [9.17, 15) is 9.18 Å². The van der Waals surface area contributed by atoms with E-state index in [1.165, 1.54) is 12.1 Å². The summed E-state index contributed by atoms with van der Waals surface area (Å²) in [5, 5.41) is 2.90. The van der Waals surface area contributed by atoms with Crippen molar-refractivity contribution in [2.45, 2.75) is 6.04 Å². The van der Waals surface area contributed by atoms with Gasteiger partial charge >= 0.3 is 0 Å². The molecule has 1 aliphatic heterocycles. The molecule has 1 N–H and O–H groups in total. The van der Waals surface area contributed by atoms with Crippen LogP contribution in [0.25, 0.3) is 0 Å². The number of morpholine rings is 1. The molecule has 144 valence electrons. The van der Waals surface area contributed by atoms with E-state index < -0.39 is 11.7 Å². The highest BCUT2D eigenvalue weighted by atomic mass is 19.1. The molecule has 3 rings (SSSR count). The number of nitrogens with zero attached hydrogens (tertiary/aromatic N) is 2. The summed E-state index contributed by atoms with van der Waals surface area (Å²) in [5.74, 6) is -0.899. The van der Waals surface area contributed by atoms with Crippen molar-refractivity contribution in [1.29, 1.82) is 0 Å². The van der Waals surface area contributed by atoms with E-state index in [2.05, 4.69) is 34.5 Å². The quantitative estimate of drug-likeness (QED) is 0.848. The summed E-state index contributed by atoms with van der Waals surface area (Å²) in [6.07, 6.45) is 0. The highest BCUT2D eigenvalue weighted by Crippen LogP contribution is 2.24. The van der Waals surface area contributed by atoms with E-state index in [4.69, 9.17) is 4.74 Å². The minimum Gasteiger partial charge on any atom is -0.379 e. The Kier molecular flexibility index (Phi) is 6.42. The van der Waals surface area contributed by atoms with Crippen molar-refractivity contribution in [2.24, 2.45) is 0 Å². The molecular formula is C21H26FN3O2. The molecule has 2 aromatic rings. The van der Waals surface area contributed by atoms with Crippen LogP contribution < -0.4 is 10.2 Å². The van der Waals surface area contributed by atoms with Crippen LogP contribution in [0.3, 0.4) is 0 Å². The summed E-state index contributed by atoms with van der Waals surface area (Å²) in [5.41, 5.74) is 2.31. The standard InChI is InChI=1S/C21H26FN3O2/c1-24(2)17-9-7-16(8-10-17)20(25-11-13-27-14-12-25)15-23-21(26)18-5-3-4-6-19(18)22/h3-10,20H,11-15H2,1-2H3,(H,23,26)/t20-/m1/s1. The van der Waals surface area contributed by atoms with Gasteiger partial charge < -0.3 is 15.0 Å². The highest BCUT2D eigenvalue weighted by Gasteiger charge is 2.24. The van der Waals surface area contributed by atoms with Crippen LogP contribution in [0, 0.1) is 5.82 Å². The molecule has 0 aliphatic carbocycles. The van der Waals surface area contributed by atoms with Crippen LogP contribution in [0.15, 0.2) is 48.5 Å². The summed E-state index contributed by atoms with van der Waals surface area (Å²) < 4.78 is 19.3. The molecule has 0 unspecified atom stereocenters. The van der Waals surface area contributed by atoms with Crippen molar-refractivity contribution in [2.75, 3.05) is 51.8 Å². The molecule has 1 aliphatic rings. The Bertz CT molecular complexity index is 758. The maximum atomic E-state index is 13.9. The van der Waals surface area contributed by atoms with Crippen molar-refractivity contribution in [1.82, 2.24) is 10.2 Å². The van der Waals surface area contributed by atoms with Gasteiger partial charge in [0.25, 0.3) is 5.91 Å². The Balaban J connectivity index is 1.75. The monoisotopic (exact) mass is 371 g/mol. The van der Waals surface area contributed by atoms with Crippen LogP contribution in [-0.4, -0.2) is 57.8 Å². The second-order valence-corrected chi connectivity index (χ2v) is 6.84. The molecule has 1 amide bonds. The number of hydrogen-bond donors (Lipinski definition) is 1. The minimum atomic E-state index is -0.506. The Morgan fingerprint density at radius 1 is 1.15 bits per heavy atom. The van der Waals surface area contributed by atoms with E-state index in [1.807, 2.05) is 19.0 Å². The number of amides is 1. The highest BCUT2D eigenvalue weighted by molar-refractivity contribution is 5.94. The molecule has 2 aromatic carbocycles. The van der Waals surface area contributed by atoms with Gasteiger partial charge in [0.1, 0.15) is 5.82 Å². The third-order valence-electron chi connectivity index (χ3n) is 4.86. The van der Waals surface area contributed by atoms with Crippen molar-refractivity contribution in [3.8, 4) is 0 Å². The summed E-state index contributed by atoms with van der Waals surface area (Å²) in [7, 11) is 4.01. The molecule has 1 saturated heterocycles. The maximum Gasteiger partial charge on any atom is 0.254 e. The summed E-state index contributed by atoms with van der Waals surface area (Å²) in [6.45, 7) is 3.36. The third kappa shape index (κ3) is 4.84. The molecule has 6 heteroatoms. The van der Waals surface area contributed by atoms with Crippen LogP contribution in [0.4, 0.5) is 10.1 Å². The Morgan fingerprint density at radius 2 is 1.81 bits per heavy atom. The van der Waals surface area contributed by atoms with E-state index in [-0.39, 0.29) is 11.6 Å². The first-order valence-electron chi connectivity index (χ1n) is 9.18. The zero-order chi connectivity index (χ0) is 19.2. The van der Waals surface area contributed by atoms with Gasteiger partial charge in [-0.1, -0.05) is 24.3 Å². The second-order valence-electron chi connectivity index (χ2n) is 6.84. The largest absolute Gasteiger partial charge is 0.379 e. The number of anilines is 1. The van der Waals surface area contributed by atoms with Gasteiger partial charge in [0.2, 0.25) is 0 Å². The van der Waals surface area contributed by atoms with Crippen molar-refractivity contribution in [3.63, 3.8) is 0 Å². The van der Waals surface area contributed by atoms with E-state index in [0.717, 1.165) is 24.3 Å². The topological polar surface area (TPSA) is 44.8 Å². The van der Waals surface area contributed by atoms with Gasteiger partial charge in [0, 0.05) is 39.4 Å². The van der Waals surface area contributed by atoms with Crippen molar-refractivity contribution in [3.05, 3.63) is 65.5 Å². The third-order valence-corrected chi connectivity index (χ3v) is 4.86. The fourth-order valence-corrected chi connectivity index (χ4v) is 3.27.